The topological polar surface area (TPSA) is 91.0 Å². The highest BCUT2D eigenvalue weighted by Crippen LogP contribution is 2.35. The number of sulfonamides is 1. The second-order valence-electron chi connectivity index (χ2n) is 10.6. The summed E-state index contributed by atoms with van der Waals surface area (Å²) >= 11 is 0. The van der Waals surface area contributed by atoms with Gasteiger partial charge in [0, 0.05) is 41.7 Å². The van der Waals surface area contributed by atoms with Crippen molar-refractivity contribution >= 4 is 43.8 Å². The van der Waals surface area contributed by atoms with Gasteiger partial charge in [-0.25, -0.2) is 8.42 Å². The minimum absolute atomic E-state index is 0.134. The largest absolute Gasteiger partial charge is 0.495 e. The van der Waals surface area contributed by atoms with Gasteiger partial charge in [-0.15, -0.1) is 0 Å². The van der Waals surface area contributed by atoms with Crippen LogP contribution in [0.15, 0.2) is 83.8 Å². The van der Waals surface area contributed by atoms with Crippen LogP contribution in [0.4, 0.5) is 17.1 Å². The molecule has 42 heavy (non-hydrogen) atoms. The Labute approximate surface area is 248 Å². The van der Waals surface area contributed by atoms with E-state index in [4.69, 9.17) is 4.74 Å². The molecule has 9 heteroatoms. The molecule has 1 heterocycles. The molecule has 0 saturated carbocycles. The molecule has 0 radical (unpaired) electrons. The maximum absolute atomic E-state index is 13.8. The van der Waals surface area contributed by atoms with Crippen LogP contribution in [0.1, 0.15) is 35.7 Å². The molecule has 1 aliphatic rings. The zero-order chi connectivity index (χ0) is 29.7. The molecule has 4 aromatic rings. The standard InChI is InChI=1S/C33H38N4O4S/c1-4-18-36-19-9-20-37(22-21-36)30-23-25(14-16-31(30)41-3)35-42(39,40)32-17-15-29(27-12-7-8-13-28(27)32)34-33(38)26-11-6-5-10-24(26)2/h5-8,10-17,23,35H,4,9,18-22H2,1-3H3,(H,34,38). The smallest absolute Gasteiger partial charge is 0.262 e. The molecule has 4 aromatic carbocycles. The van der Waals surface area contributed by atoms with Gasteiger partial charge in [-0.1, -0.05) is 49.4 Å². The summed E-state index contributed by atoms with van der Waals surface area (Å²) in [5.74, 6) is 0.463. The molecule has 0 spiro atoms. The van der Waals surface area contributed by atoms with E-state index < -0.39 is 10.0 Å². The number of anilines is 3. The molecule has 1 fully saturated rings. The van der Waals surface area contributed by atoms with Crippen molar-refractivity contribution in [1.29, 1.82) is 0 Å². The van der Waals surface area contributed by atoms with Gasteiger partial charge in [-0.2, -0.15) is 0 Å². The SMILES string of the molecule is CCCN1CCCN(c2cc(NS(=O)(=O)c3ccc(NC(=O)c4ccccc4C)c4ccccc34)ccc2OC)CC1. The second-order valence-corrected chi connectivity index (χ2v) is 12.3. The summed E-state index contributed by atoms with van der Waals surface area (Å²) in [7, 11) is -2.33. The summed E-state index contributed by atoms with van der Waals surface area (Å²) in [4.78, 5) is 17.9. The van der Waals surface area contributed by atoms with Crippen molar-refractivity contribution in [3.63, 3.8) is 0 Å². The number of carbonyl (C=O) groups excluding carboxylic acids is 1. The average molecular weight is 587 g/mol. The van der Waals surface area contributed by atoms with Crippen molar-refractivity contribution < 1.29 is 17.9 Å². The van der Waals surface area contributed by atoms with Gasteiger partial charge in [-0.3, -0.25) is 9.52 Å². The number of nitrogens with zero attached hydrogens (tertiary/aromatic N) is 2. The van der Waals surface area contributed by atoms with Crippen LogP contribution in [0.2, 0.25) is 0 Å². The van der Waals surface area contributed by atoms with Gasteiger partial charge in [0.05, 0.1) is 23.4 Å². The van der Waals surface area contributed by atoms with Crippen molar-refractivity contribution in [3.8, 4) is 5.75 Å². The van der Waals surface area contributed by atoms with Gasteiger partial charge in [0.15, 0.2) is 0 Å². The van der Waals surface area contributed by atoms with Crippen molar-refractivity contribution in [1.82, 2.24) is 4.90 Å². The molecule has 0 aromatic heterocycles. The molecule has 0 aliphatic carbocycles. The normalized spacial score (nSPS) is 14.4. The maximum atomic E-state index is 13.8. The molecule has 220 valence electrons. The maximum Gasteiger partial charge on any atom is 0.262 e. The average Bonchev–Trinajstić information content (AvgIpc) is 3.23. The van der Waals surface area contributed by atoms with Crippen LogP contribution in [0.3, 0.4) is 0 Å². The summed E-state index contributed by atoms with van der Waals surface area (Å²) in [5, 5.41) is 4.12. The number of rotatable bonds is 9. The van der Waals surface area contributed by atoms with Crippen LogP contribution in [0.5, 0.6) is 5.75 Å². The number of methoxy groups -OCH3 is 1. The van der Waals surface area contributed by atoms with E-state index in [1.165, 1.54) is 0 Å². The Kier molecular flexibility index (Phi) is 8.99. The van der Waals surface area contributed by atoms with Gasteiger partial charge in [0.25, 0.3) is 15.9 Å². The number of ether oxygens (including phenoxy) is 1. The lowest BCUT2D eigenvalue weighted by molar-refractivity contribution is 0.102. The van der Waals surface area contributed by atoms with Crippen LogP contribution in [0.25, 0.3) is 10.8 Å². The Morgan fingerprint density at radius 3 is 2.43 bits per heavy atom. The van der Waals surface area contributed by atoms with Crippen LogP contribution < -0.4 is 19.7 Å². The number of benzene rings is 4. The lowest BCUT2D eigenvalue weighted by atomic mass is 10.1. The number of nitrogens with one attached hydrogen (secondary N) is 2. The lowest BCUT2D eigenvalue weighted by Crippen LogP contribution is -2.31. The van der Waals surface area contributed by atoms with E-state index in [-0.39, 0.29) is 10.8 Å². The fourth-order valence-electron chi connectivity index (χ4n) is 5.59. The minimum Gasteiger partial charge on any atom is -0.495 e. The first-order valence-corrected chi connectivity index (χ1v) is 15.9. The number of amides is 1. The third kappa shape index (κ3) is 6.37. The highest BCUT2D eigenvalue weighted by Gasteiger charge is 2.22. The van der Waals surface area contributed by atoms with Gasteiger partial charge < -0.3 is 19.9 Å². The van der Waals surface area contributed by atoms with Crippen LogP contribution >= 0.6 is 0 Å². The van der Waals surface area contributed by atoms with Gasteiger partial charge in [0.1, 0.15) is 5.75 Å². The summed E-state index contributed by atoms with van der Waals surface area (Å²) < 4.78 is 36.0. The monoisotopic (exact) mass is 586 g/mol. The number of hydrogen-bond acceptors (Lipinski definition) is 6. The molecule has 0 atom stereocenters. The Balaban J connectivity index is 1.43. The number of fused-ring (bicyclic) bond motifs is 1. The number of hydrogen-bond donors (Lipinski definition) is 2. The van der Waals surface area contributed by atoms with Crippen molar-refractivity contribution in [2.75, 3.05) is 54.8 Å². The molecule has 8 nitrogen and oxygen atoms in total. The summed E-state index contributed by atoms with van der Waals surface area (Å²) in [6.45, 7) is 8.86. The van der Waals surface area contributed by atoms with Gasteiger partial charge >= 0.3 is 0 Å². The zero-order valence-electron chi connectivity index (χ0n) is 24.4. The summed E-state index contributed by atoms with van der Waals surface area (Å²) in [6, 6.07) is 23.1. The van der Waals surface area contributed by atoms with Crippen molar-refractivity contribution in [2.24, 2.45) is 0 Å². The first kappa shape index (κ1) is 29.4. The molecule has 1 saturated heterocycles. The van der Waals surface area contributed by atoms with E-state index in [9.17, 15) is 13.2 Å². The third-order valence-electron chi connectivity index (χ3n) is 7.71. The third-order valence-corrected chi connectivity index (χ3v) is 9.15. The van der Waals surface area contributed by atoms with E-state index in [0.29, 0.717) is 33.5 Å². The first-order chi connectivity index (χ1) is 20.3. The highest BCUT2D eigenvalue weighted by molar-refractivity contribution is 7.93. The Hall–Kier alpha value is -4.08. The van der Waals surface area contributed by atoms with Crippen LogP contribution in [0, 0.1) is 6.92 Å². The molecule has 1 amide bonds. The minimum atomic E-state index is -3.96. The highest BCUT2D eigenvalue weighted by atomic mass is 32.2. The van der Waals surface area contributed by atoms with Crippen LogP contribution in [-0.2, 0) is 10.0 Å². The first-order valence-electron chi connectivity index (χ1n) is 14.4. The van der Waals surface area contributed by atoms with E-state index in [1.807, 2.05) is 49.4 Å². The van der Waals surface area contributed by atoms with Gasteiger partial charge in [0.2, 0.25) is 0 Å². The van der Waals surface area contributed by atoms with Gasteiger partial charge in [-0.05, 0) is 74.8 Å². The zero-order valence-corrected chi connectivity index (χ0v) is 25.2. The molecule has 1 aliphatic heterocycles. The Morgan fingerprint density at radius 1 is 0.905 bits per heavy atom. The summed E-state index contributed by atoms with van der Waals surface area (Å²) in [5.41, 5.74) is 3.30. The molecule has 5 rings (SSSR count). The number of aryl methyl sites for hydroxylation is 1. The molecule has 2 N–H and O–H groups in total. The molecular formula is C33H38N4O4S. The van der Waals surface area contributed by atoms with E-state index in [1.54, 1.807) is 43.5 Å². The quantitative estimate of drug-likeness (QED) is 0.245. The van der Waals surface area contributed by atoms with E-state index in [2.05, 4.69) is 26.8 Å². The molecule has 0 unspecified atom stereocenters. The fourth-order valence-corrected chi connectivity index (χ4v) is 6.86. The molecular weight excluding hydrogens is 548 g/mol. The van der Waals surface area contributed by atoms with E-state index in [0.717, 1.165) is 56.8 Å². The second kappa shape index (κ2) is 12.8. The lowest BCUT2D eigenvalue weighted by Gasteiger charge is -2.26. The fraction of sp³-hybridized carbons (Fsp3) is 0.303. The Bertz CT molecular complexity index is 1690. The Morgan fingerprint density at radius 2 is 1.67 bits per heavy atom. The van der Waals surface area contributed by atoms with Crippen molar-refractivity contribution in [3.05, 3.63) is 90.0 Å². The predicted octanol–water partition coefficient (Wildman–Crippen LogP) is 6.13. The van der Waals surface area contributed by atoms with Crippen molar-refractivity contribution in [2.45, 2.75) is 31.6 Å². The summed E-state index contributed by atoms with van der Waals surface area (Å²) in [6.07, 6.45) is 2.15. The number of carbonyl (C=O) groups is 1. The van der Waals surface area contributed by atoms with Crippen LogP contribution in [-0.4, -0.2) is 59.1 Å². The van der Waals surface area contributed by atoms with E-state index >= 15 is 0 Å². The molecule has 0 bridgehead atoms. The predicted molar refractivity (Wildman–Crippen MR) is 170 cm³/mol.